The summed E-state index contributed by atoms with van der Waals surface area (Å²) in [5.74, 6) is -1.07. The fourth-order valence-electron chi connectivity index (χ4n) is 2.63. The van der Waals surface area contributed by atoms with E-state index in [1.54, 1.807) is 24.3 Å². The molecule has 3 aromatic rings. The third kappa shape index (κ3) is 4.10. The number of aromatic amines is 1. The quantitative estimate of drug-likeness (QED) is 0.203. The standard InChI is InChI=1S/C19H17N3O7/c1-27-11-7-8-16(14(9-11)22(25)26)29-10-15(23)17(19(24)28-2)18-20-12-5-3-4-6-13(12)21-18/h3-9,23H,10H2,1-2H3,(H,20,21)/b17-15+. The summed E-state index contributed by atoms with van der Waals surface area (Å²) in [5, 5.41) is 21.7. The number of para-hydroxylation sites is 2. The largest absolute Gasteiger partial charge is 0.508 e. The Morgan fingerprint density at radius 3 is 2.66 bits per heavy atom. The first-order chi connectivity index (χ1) is 13.9. The summed E-state index contributed by atoms with van der Waals surface area (Å²) in [5.41, 5.74) is 0.659. The number of hydrogen-bond donors (Lipinski definition) is 2. The van der Waals surface area contributed by atoms with Crippen molar-refractivity contribution in [2.45, 2.75) is 0 Å². The number of carbonyl (C=O) groups is 1. The number of nitrogens with one attached hydrogen (secondary N) is 1. The van der Waals surface area contributed by atoms with E-state index in [-0.39, 0.29) is 28.6 Å². The number of aliphatic hydroxyl groups excluding tert-OH is 1. The minimum Gasteiger partial charge on any atom is -0.508 e. The molecule has 1 aromatic heterocycles. The molecule has 0 aliphatic heterocycles. The minimum atomic E-state index is -0.839. The van der Waals surface area contributed by atoms with Gasteiger partial charge < -0.3 is 24.3 Å². The molecule has 10 heteroatoms. The summed E-state index contributed by atoms with van der Waals surface area (Å²) in [6.07, 6.45) is 0. The molecule has 0 fully saturated rings. The van der Waals surface area contributed by atoms with Crippen molar-refractivity contribution in [3.63, 3.8) is 0 Å². The molecule has 0 amide bonds. The van der Waals surface area contributed by atoms with Crippen LogP contribution in [0.5, 0.6) is 11.5 Å². The van der Waals surface area contributed by atoms with Crippen LogP contribution >= 0.6 is 0 Å². The molecule has 0 saturated carbocycles. The molecule has 150 valence electrons. The van der Waals surface area contributed by atoms with E-state index < -0.39 is 23.3 Å². The summed E-state index contributed by atoms with van der Waals surface area (Å²) in [4.78, 5) is 30.0. The number of benzene rings is 2. The lowest BCUT2D eigenvalue weighted by Gasteiger charge is -2.10. The predicted octanol–water partition coefficient (Wildman–Crippen LogP) is 3.00. The van der Waals surface area contributed by atoms with Crippen molar-refractivity contribution in [3.05, 3.63) is 64.2 Å². The van der Waals surface area contributed by atoms with Crippen LogP contribution in [-0.4, -0.2) is 46.8 Å². The zero-order chi connectivity index (χ0) is 21.0. The summed E-state index contributed by atoms with van der Waals surface area (Å²) in [6.45, 7) is -0.519. The van der Waals surface area contributed by atoms with Crippen LogP contribution in [-0.2, 0) is 9.53 Å². The highest BCUT2D eigenvalue weighted by atomic mass is 16.6. The number of hydrogen-bond acceptors (Lipinski definition) is 8. The maximum atomic E-state index is 12.2. The summed E-state index contributed by atoms with van der Waals surface area (Å²) in [6, 6.07) is 11.1. The fourth-order valence-corrected chi connectivity index (χ4v) is 2.63. The van der Waals surface area contributed by atoms with Gasteiger partial charge in [0.05, 0.1) is 36.2 Å². The van der Waals surface area contributed by atoms with Crippen molar-refractivity contribution < 1.29 is 29.0 Å². The Morgan fingerprint density at radius 1 is 1.24 bits per heavy atom. The summed E-state index contributed by atoms with van der Waals surface area (Å²) >= 11 is 0. The molecule has 1 heterocycles. The van der Waals surface area contributed by atoms with Gasteiger partial charge in [-0.1, -0.05) is 12.1 Å². The highest BCUT2D eigenvalue weighted by Crippen LogP contribution is 2.31. The Hall–Kier alpha value is -4.08. The number of aliphatic hydroxyl groups is 1. The van der Waals surface area contributed by atoms with Gasteiger partial charge in [-0.3, -0.25) is 10.1 Å². The first-order valence-electron chi connectivity index (χ1n) is 8.35. The number of fused-ring (bicyclic) bond motifs is 1. The zero-order valence-corrected chi connectivity index (χ0v) is 15.5. The van der Waals surface area contributed by atoms with Crippen LogP contribution in [0.15, 0.2) is 48.2 Å². The number of nitro benzene ring substituents is 1. The topological polar surface area (TPSA) is 137 Å². The van der Waals surface area contributed by atoms with Gasteiger partial charge in [-0.2, -0.15) is 0 Å². The van der Waals surface area contributed by atoms with Crippen molar-refractivity contribution in [2.24, 2.45) is 0 Å². The second-order valence-corrected chi connectivity index (χ2v) is 5.80. The van der Waals surface area contributed by atoms with Gasteiger partial charge in [0.15, 0.2) is 5.75 Å². The zero-order valence-electron chi connectivity index (χ0n) is 15.5. The minimum absolute atomic E-state index is 0.0865. The average Bonchev–Trinajstić information content (AvgIpc) is 3.15. The molecule has 0 unspecified atom stereocenters. The molecule has 0 saturated heterocycles. The molecule has 0 atom stereocenters. The smallest absolute Gasteiger partial charge is 0.345 e. The number of carbonyl (C=O) groups excluding carboxylic acids is 1. The Morgan fingerprint density at radius 2 is 2.00 bits per heavy atom. The third-order valence-corrected chi connectivity index (χ3v) is 4.03. The van der Waals surface area contributed by atoms with E-state index in [9.17, 15) is 20.0 Å². The van der Waals surface area contributed by atoms with Crippen molar-refractivity contribution in [2.75, 3.05) is 20.8 Å². The molecule has 10 nitrogen and oxygen atoms in total. The lowest BCUT2D eigenvalue weighted by atomic mass is 10.2. The molecule has 0 bridgehead atoms. The number of nitro groups is 1. The van der Waals surface area contributed by atoms with E-state index in [1.165, 1.54) is 25.3 Å². The van der Waals surface area contributed by atoms with Crippen LogP contribution in [0.25, 0.3) is 16.6 Å². The van der Waals surface area contributed by atoms with Crippen LogP contribution in [0.3, 0.4) is 0 Å². The van der Waals surface area contributed by atoms with Crippen LogP contribution < -0.4 is 9.47 Å². The number of aromatic nitrogens is 2. The van der Waals surface area contributed by atoms with Crippen molar-refractivity contribution in [1.82, 2.24) is 9.97 Å². The Bertz CT molecular complexity index is 1070. The Balaban J connectivity index is 1.94. The number of methoxy groups -OCH3 is 2. The van der Waals surface area contributed by atoms with Crippen molar-refractivity contribution in [3.8, 4) is 11.5 Å². The highest BCUT2D eigenvalue weighted by Gasteiger charge is 2.24. The Kier molecular flexibility index (Phi) is 5.63. The summed E-state index contributed by atoms with van der Waals surface area (Å²) in [7, 11) is 2.54. The van der Waals surface area contributed by atoms with Crippen molar-refractivity contribution >= 4 is 28.3 Å². The SMILES string of the molecule is COC(=O)/C(=C(/O)COc1ccc(OC)cc1[N+](=O)[O-])c1nc2ccccc2[nH]1. The van der Waals surface area contributed by atoms with E-state index in [1.807, 2.05) is 0 Å². The van der Waals surface area contributed by atoms with Gasteiger partial charge in [0, 0.05) is 0 Å². The van der Waals surface area contributed by atoms with E-state index in [2.05, 4.69) is 9.97 Å². The molecule has 0 aliphatic carbocycles. The van der Waals surface area contributed by atoms with Crippen LogP contribution in [0, 0.1) is 10.1 Å². The second-order valence-electron chi connectivity index (χ2n) is 5.80. The highest BCUT2D eigenvalue weighted by molar-refractivity contribution is 6.16. The van der Waals surface area contributed by atoms with Crippen LogP contribution in [0.1, 0.15) is 5.82 Å². The first-order valence-corrected chi connectivity index (χ1v) is 8.35. The third-order valence-electron chi connectivity index (χ3n) is 4.03. The number of nitrogens with zero attached hydrogens (tertiary/aromatic N) is 2. The molecule has 2 N–H and O–H groups in total. The van der Waals surface area contributed by atoms with Gasteiger partial charge in [-0.15, -0.1) is 0 Å². The van der Waals surface area contributed by atoms with Gasteiger partial charge in [0.1, 0.15) is 29.5 Å². The number of rotatable bonds is 7. The molecule has 3 rings (SSSR count). The molecule has 0 aliphatic rings. The van der Waals surface area contributed by atoms with Gasteiger partial charge >= 0.3 is 11.7 Å². The summed E-state index contributed by atoms with van der Waals surface area (Å²) < 4.78 is 15.1. The second kappa shape index (κ2) is 8.30. The van der Waals surface area contributed by atoms with E-state index in [0.29, 0.717) is 11.0 Å². The normalized spacial score (nSPS) is 11.7. The van der Waals surface area contributed by atoms with Crippen LogP contribution in [0.2, 0.25) is 0 Å². The average molecular weight is 399 g/mol. The van der Waals surface area contributed by atoms with E-state index in [0.717, 1.165) is 7.11 Å². The molecule has 0 radical (unpaired) electrons. The van der Waals surface area contributed by atoms with Crippen molar-refractivity contribution in [1.29, 1.82) is 0 Å². The Labute approximate surface area is 164 Å². The van der Waals surface area contributed by atoms with Gasteiger partial charge in [-0.25, -0.2) is 9.78 Å². The number of H-pyrrole nitrogens is 1. The first kappa shape index (κ1) is 19.7. The molecule has 0 spiro atoms. The maximum Gasteiger partial charge on any atom is 0.345 e. The van der Waals surface area contributed by atoms with E-state index in [4.69, 9.17) is 14.2 Å². The predicted molar refractivity (Wildman–Crippen MR) is 103 cm³/mol. The number of imidazole rings is 1. The fraction of sp³-hybridized carbons (Fsp3) is 0.158. The molecular weight excluding hydrogens is 382 g/mol. The lowest BCUT2D eigenvalue weighted by Crippen LogP contribution is -2.13. The maximum absolute atomic E-state index is 12.2. The van der Waals surface area contributed by atoms with Gasteiger partial charge in [-0.05, 0) is 24.3 Å². The van der Waals surface area contributed by atoms with Gasteiger partial charge in [0.2, 0.25) is 0 Å². The molecular formula is C19H17N3O7. The number of esters is 1. The lowest BCUT2D eigenvalue weighted by molar-refractivity contribution is -0.385. The van der Waals surface area contributed by atoms with E-state index >= 15 is 0 Å². The van der Waals surface area contributed by atoms with Gasteiger partial charge in [0.25, 0.3) is 0 Å². The van der Waals surface area contributed by atoms with Crippen LogP contribution in [0.4, 0.5) is 5.69 Å². The molecule has 2 aromatic carbocycles. The number of ether oxygens (including phenoxy) is 3. The molecule has 29 heavy (non-hydrogen) atoms. The monoisotopic (exact) mass is 399 g/mol.